The van der Waals surface area contributed by atoms with Crippen LogP contribution in [0.15, 0.2) is 36.9 Å². The minimum absolute atomic E-state index is 0.107. The Morgan fingerprint density at radius 2 is 1.96 bits per heavy atom. The fraction of sp³-hybridized carbons (Fsp3) is 0.476. The number of nitrogens with zero attached hydrogens (tertiary/aromatic N) is 1. The smallest absolute Gasteiger partial charge is 0.256 e. The number of anilines is 1. The van der Waals surface area contributed by atoms with Crippen LogP contribution in [0.25, 0.3) is 0 Å². The third-order valence-electron chi connectivity index (χ3n) is 4.79. The molecule has 0 aromatic heterocycles. The van der Waals surface area contributed by atoms with Crippen molar-refractivity contribution in [3.8, 4) is 11.8 Å². The van der Waals surface area contributed by atoms with Crippen molar-refractivity contribution in [1.82, 2.24) is 4.90 Å². The molecule has 0 saturated heterocycles. The SMILES string of the molecule is C=CCCN(CC#CCO[Si](C)(C)C(C)(C)C)C(=O)c1ccccc1N. The second-order valence-electron chi connectivity index (χ2n) is 7.79. The summed E-state index contributed by atoms with van der Waals surface area (Å²) >= 11 is 0. The molecule has 2 N–H and O–H groups in total. The van der Waals surface area contributed by atoms with Crippen molar-refractivity contribution in [3.05, 3.63) is 42.5 Å². The van der Waals surface area contributed by atoms with Gasteiger partial charge in [0.05, 0.1) is 18.7 Å². The van der Waals surface area contributed by atoms with Crippen molar-refractivity contribution in [2.45, 2.75) is 45.3 Å². The minimum Gasteiger partial charge on any atom is -0.406 e. The van der Waals surface area contributed by atoms with Crippen LogP contribution in [0.1, 0.15) is 37.6 Å². The second kappa shape index (κ2) is 9.61. The summed E-state index contributed by atoms with van der Waals surface area (Å²) in [4.78, 5) is 14.4. The second-order valence-corrected chi connectivity index (χ2v) is 12.6. The maximum Gasteiger partial charge on any atom is 0.256 e. The van der Waals surface area contributed by atoms with Crippen LogP contribution in [0, 0.1) is 11.8 Å². The van der Waals surface area contributed by atoms with Crippen LogP contribution in [0.3, 0.4) is 0 Å². The van der Waals surface area contributed by atoms with Gasteiger partial charge in [0.2, 0.25) is 0 Å². The van der Waals surface area contributed by atoms with E-state index in [0.29, 0.717) is 37.4 Å². The molecular weight excluding hydrogens is 340 g/mol. The fourth-order valence-electron chi connectivity index (χ4n) is 2.00. The van der Waals surface area contributed by atoms with E-state index in [1.165, 1.54) is 0 Å². The number of nitrogen functional groups attached to an aromatic ring is 1. The van der Waals surface area contributed by atoms with E-state index in [4.69, 9.17) is 10.2 Å². The first-order valence-electron chi connectivity index (χ1n) is 8.94. The number of hydrogen-bond donors (Lipinski definition) is 1. The van der Waals surface area contributed by atoms with Gasteiger partial charge in [-0.15, -0.1) is 6.58 Å². The molecular formula is C21H32N2O2Si. The molecule has 1 aromatic rings. The Hall–Kier alpha value is -2.03. The van der Waals surface area contributed by atoms with Crippen LogP contribution in [-0.2, 0) is 4.43 Å². The van der Waals surface area contributed by atoms with Gasteiger partial charge in [-0.2, -0.15) is 0 Å². The molecule has 5 heteroatoms. The molecule has 0 spiro atoms. The highest BCUT2D eigenvalue weighted by molar-refractivity contribution is 6.74. The third kappa shape index (κ3) is 6.36. The van der Waals surface area contributed by atoms with Crippen molar-refractivity contribution in [1.29, 1.82) is 0 Å². The lowest BCUT2D eigenvalue weighted by Gasteiger charge is -2.35. The molecule has 0 atom stereocenters. The van der Waals surface area contributed by atoms with Crippen molar-refractivity contribution in [2.75, 3.05) is 25.4 Å². The van der Waals surface area contributed by atoms with Gasteiger partial charge in [-0.3, -0.25) is 4.79 Å². The number of carbonyl (C=O) groups is 1. The van der Waals surface area contributed by atoms with Gasteiger partial charge >= 0.3 is 0 Å². The van der Waals surface area contributed by atoms with Crippen LogP contribution in [-0.4, -0.2) is 38.8 Å². The first kappa shape index (κ1) is 22.0. The molecule has 0 fully saturated rings. The molecule has 0 unspecified atom stereocenters. The maximum atomic E-state index is 12.7. The standard InChI is InChI=1S/C21H32N2O2Si/c1-7-8-15-23(20(24)18-13-9-10-14-19(18)22)16-11-12-17-25-26(5,6)21(2,3)4/h7,9-10,13-14H,1,8,15-17,22H2,2-6H3. The summed E-state index contributed by atoms with van der Waals surface area (Å²) < 4.78 is 6.05. The molecule has 26 heavy (non-hydrogen) atoms. The van der Waals surface area contributed by atoms with Gasteiger partial charge in [-0.25, -0.2) is 0 Å². The van der Waals surface area contributed by atoms with Crippen LogP contribution in [0.2, 0.25) is 18.1 Å². The van der Waals surface area contributed by atoms with Gasteiger partial charge in [0.1, 0.15) is 0 Å². The normalized spacial score (nSPS) is 11.4. The first-order valence-corrected chi connectivity index (χ1v) is 11.9. The quantitative estimate of drug-likeness (QED) is 0.336. The highest BCUT2D eigenvalue weighted by Crippen LogP contribution is 2.36. The maximum absolute atomic E-state index is 12.7. The lowest BCUT2D eigenvalue weighted by Crippen LogP contribution is -2.40. The van der Waals surface area contributed by atoms with E-state index in [1.54, 1.807) is 23.1 Å². The van der Waals surface area contributed by atoms with E-state index < -0.39 is 8.32 Å². The van der Waals surface area contributed by atoms with E-state index in [1.807, 2.05) is 12.1 Å². The van der Waals surface area contributed by atoms with Gasteiger partial charge in [0.25, 0.3) is 5.91 Å². The molecule has 0 aliphatic carbocycles. The fourth-order valence-corrected chi connectivity index (χ4v) is 2.86. The van der Waals surface area contributed by atoms with E-state index in [0.717, 1.165) is 0 Å². The van der Waals surface area contributed by atoms with Crippen molar-refractivity contribution < 1.29 is 9.22 Å². The number of amides is 1. The highest BCUT2D eigenvalue weighted by atomic mass is 28.4. The van der Waals surface area contributed by atoms with Crippen molar-refractivity contribution in [2.24, 2.45) is 0 Å². The van der Waals surface area contributed by atoms with Crippen LogP contribution >= 0.6 is 0 Å². The molecule has 1 rings (SSSR count). The monoisotopic (exact) mass is 372 g/mol. The van der Waals surface area contributed by atoms with Gasteiger partial charge in [0.15, 0.2) is 8.32 Å². The lowest BCUT2D eigenvalue weighted by molar-refractivity contribution is 0.0780. The van der Waals surface area contributed by atoms with E-state index >= 15 is 0 Å². The summed E-state index contributed by atoms with van der Waals surface area (Å²) in [5, 5.41) is 0.158. The highest BCUT2D eigenvalue weighted by Gasteiger charge is 2.36. The predicted octanol–water partition coefficient (Wildman–Crippen LogP) is 4.31. The molecule has 4 nitrogen and oxygen atoms in total. The number of carbonyl (C=O) groups excluding carboxylic acids is 1. The summed E-state index contributed by atoms with van der Waals surface area (Å²) in [6.07, 6.45) is 2.50. The van der Waals surface area contributed by atoms with Crippen LogP contribution in [0.5, 0.6) is 0 Å². The predicted molar refractivity (Wildman–Crippen MR) is 112 cm³/mol. The summed E-state index contributed by atoms with van der Waals surface area (Å²) in [5.41, 5.74) is 6.93. The van der Waals surface area contributed by atoms with Crippen LogP contribution in [0.4, 0.5) is 5.69 Å². The summed E-state index contributed by atoms with van der Waals surface area (Å²) in [6.45, 7) is 16.0. The minimum atomic E-state index is -1.80. The molecule has 0 saturated carbocycles. The molecule has 0 aliphatic rings. The Labute approximate surface area is 159 Å². The lowest BCUT2D eigenvalue weighted by atomic mass is 10.1. The van der Waals surface area contributed by atoms with Crippen LogP contribution < -0.4 is 5.73 Å². The Bertz CT molecular complexity index is 681. The zero-order valence-electron chi connectivity index (χ0n) is 16.8. The molecule has 0 aliphatic heterocycles. The molecule has 0 heterocycles. The van der Waals surface area contributed by atoms with E-state index in [-0.39, 0.29) is 10.9 Å². The first-order chi connectivity index (χ1) is 12.1. The number of rotatable bonds is 7. The van der Waals surface area contributed by atoms with Gasteiger partial charge in [0, 0.05) is 12.2 Å². The summed E-state index contributed by atoms with van der Waals surface area (Å²) in [5.74, 6) is 6.01. The average Bonchev–Trinajstić information content (AvgIpc) is 2.56. The molecule has 1 aromatic carbocycles. The number of para-hydroxylation sites is 1. The number of benzene rings is 1. The summed E-state index contributed by atoms with van der Waals surface area (Å²) in [6, 6.07) is 7.11. The molecule has 0 radical (unpaired) electrons. The zero-order chi connectivity index (χ0) is 19.8. The summed E-state index contributed by atoms with van der Waals surface area (Å²) in [7, 11) is -1.80. The largest absolute Gasteiger partial charge is 0.406 e. The van der Waals surface area contributed by atoms with Gasteiger partial charge in [-0.1, -0.05) is 50.8 Å². The zero-order valence-corrected chi connectivity index (χ0v) is 17.8. The Morgan fingerprint density at radius 1 is 1.31 bits per heavy atom. The molecule has 1 amide bonds. The van der Waals surface area contributed by atoms with E-state index in [9.17, 15) is 4.79 Å². The van der Waals surface area contributed by atoms with Gasteiger partial charge < -0.3 is 15.1 Å². The Morgan fingerprint density at radius 3 is 2.54 bits per heavy atom. The van der Waals surface area contributed by atoms with Crippen molar-refractivity contribution in [3.63, 3.8) is 0 Å². The van der Waals surface area contributed by atoms with Crippen molar-refractivity contribution >= 4 is 19.9 Å². The van der Waals surface area contributed by atoms with E-state index in [2.05, 4.69) is 52.3 Å². The Balaban J connectivity index is 2.74. The Kier molecular flexibility index (Phi) is 8.13. The van der Waals surface area contributed by atoms with Gasteiger partial charge in [-0.05, 0) is 36.7 Å². The average molecular weight is 373 g/mol. The topological polar surface area (TPSA) is 55.6 Å². The number of hydrogen-bond acceptors (Lipinski definition) is 3. The molecule has 142 valence electrons. The molecule has 0 bridgehead atoms. The number of nitrogens with two attached hydrogens (primary N) is 1. The third-order valence-corrected chi connectivity index (χ3v) is 9.27.